The standard InChI is InChI=1S/C18H24N2O3/c1-11(2)22-14-9-7-13(8-10-14)19-17(21)15-12(3)23-20-16(15)18(4,5)6/h7-11H,1-6H3,(H,19,21). The van der Waals surface area contributed by atoms with Gasteiger partial charge in [-0.3, -0.25) is 4.79 Å². The molecule has 0 atom stereocenters. The topological polar surface area (TPSA) is 64.4 Å². The summed E-state index contributed by atoms with van der Waals surface area (Å²) < 4.78 is 10.8. The summed E-state index contributed by atoms with van der Waals surface area (Å²) in [7, 11) is 0. The van der Waals surface area contributed by atoms with Crippen LogP contribution in [0.5, 0.6) is 5.75 Å². The summed E-state index contributed by atoms with van der Waals surface area (Å²) in [6.07, 6.45) is 0.115. The molecule has 0 unspecified atom stereocenters. The molecule has 5 heteroatoms. The summed E-state index contributed by atoms with van der Waals surface area (Å²) in [6.45, 7) is 11.7. The number of aryl methyl sites for hydroxylation is 1. The lowest BCUT2D eigenvalue weighted by molar-refractivity contribution is 0.102. The maximum absolute atomic E-state index is 12.6. The Balaban J connectivity index is 2.18. The predicted molar refractivity (Wildman–Crippen MR) is 90.1 cm³/mol. The van der Waals surface area contributed by atoms with Gasteiger partial charge in [0.15, 0.2) is 0 Å². The summed E-state index contributed by atoms with van der Waals surface area (Å²) in [5, 5.41) is 6.92. The lowest BCUT2D eigenvalue weighted by Crippen LogP contribution is -2.21. The van der Waals surface area contributed by atoms with Crippen LogP contribution in [0.25, 0.3) is 0 Å². The Kier molecular flexibility index (Phi) is 4.78. The summed E-state index contributed by atoms with van der Waals surface area (Å²) >= 11 is 0. The molecular formula is C18H24N2O3. The van der Waals surface area contributed by atoms with Crippen molar-refractivity contribution in [1.29, 1.82) is 0 Å². The van der Waals surface area contributed by atoms with Crippen molar-refractivity contribution in [2.45, 2.75) is 53.1 Å². The molecule has 2 aromatic rings. The fourth-order valence-electron chi connectivity index (χ4n) is 2.23. The Labute approximate surface area is 137 Å². The van der Waals surface area contributed by atoms with Crippen LogP contribution in [-0.4, -0.2) is 17.2 Å². The Morgan fingerprint density at radius 2 is 1.83 bits per heavy atom. The molecular weight excluding hydrogens is 292 g/mol. The van der Waals surface area contributed by atoms with E-state index in [9.17, 15) is 4.79 Å². The highest BCUT2D eigenvalue weighted by Gasteiger charge is 2.28. The molecule has 0 aliphatic rings. The van der Waals surface area contributed by atoms with Crippen LogP contribution in [0.1, 0.15) is 56.4 Å². The molecule has 1 aromatic carbocycles. The van der Waals surface area contributed by atoms with E-state index in [2.05, 4.69) is 10.5 Å². The molecule has 5 nitrogen and oxygen atoms in total. The van der Waals surface area contributed by atoms with E-state index in [0.717, 1.165) is 5.75 Å². The van der Waals surface area contributed by atoms with E-state index in [4.69, 9.17) is 9.26 Å². The minimum Gasteiger partial charge on any atom is -0.491 e. The predicted octanol–water partition coefficient (Wildman–Crippen LogP) is 4.32. The lowest BCUT2D eigenvalue weighted by Gasteiger charge is -2.16. The third kappa shape index (κ3) is 4.12. The third-order valence-corrected chi connectivity index (χ3v) is 3.28. The normalized spacial score (nSPS) is 11.6. The average molecular weight is 316 g/mol. The highest BCUT2D eigenvalue weighted by atomic mass is 16.5. The summed E-state index contributed by atoms with van der Waals surface area (Å²) in [5.74, 6) is 1.08. The molecule has 1 aromatic heterocycles. The molecule has 0 aliphatic carbocycles. The smallest absolute Gasteiger partial charge is 0.261 e. The molecule has 1 N–H and O–H groups in total. The number of rotatable bonds is 4. The highest BCUT2D eigenvalue weighted by molar-refractivity contribution is 6.05. The van der Waals surface area contributed by atoms with Gasteiger partial charge in [-0.25, -0.2) is 0 Å². The minimum absolute atomic E-state index is 0.115. The molecule has 0 radical (unpaired) electrons. The number of nitrogens with zero attached hydrogens (tertiary/aromatic N) is 1. The molecule has 124 valence electrons. The van der Waals surface area contributed by atoms with Crippen LogP contribution < -0.4 is 10.1 Å². The van der Waals surface area contributed by atoms with Gasteiger partial charge >= 0.3 is 0 Å². The van der Waals surface area contributed by atoms with Crippen molar-refractivity contribution in [1.82, 2.24) is 5.16 Å². The maximum atomic E-state index is 12.6. The van der Waals surface area contributed by atoms with Gasteiger partial charge in [0.2, 0.25) is 0 Å². The molecule has 1 amide bonds. The van der Waals surface area contributed by atoms with Crippen molar-refractivity contribution >= 4 is 11.6 Å². The van der Waals surface area contributed by atoms with Gasteiger partial charge < -0.3 is 14.6 Å². The molecule has 1 heterocycles. The van der Waals surface area contributed by atoms with Crippen LogP contribution in [0, 0.1) is 6.92 Å². The van der Waals surface area contributed by atoms with E-state index in [0.29, 0.717) is 22.7 Å². The number of carbonyl (C=O) groups is 1. The monoisotopic (exact) mass is 316 g/mol. The molecule has 0 spiro atoms. The van der Waals surface area contributed by atoms with Crippen molar-refractivity contribution in [3.8, 4) is 5.75 Å². The van der Waals surface area contributed by atoms with E-state index in [-0.39, 0.29) is 17.4 Å². The number of ether oxygens (including phenoxy) is 1. The fourth-order valence-corrected chi connectivity index (χ4v) is 2.23. The first-order chi connectivity index (χ1) is 10.7. The molecule has 0 fully saturated rings. The number of carbonyl (C=O) groups excluding carboxylic acids is 1. The van der Waals surface area contributed by atoms with Crippen LogP contribution in [-0.2, 0) is 5.41 Å². The largest absolute Gasteiger partial charge is 0.491 e. The maximum Gasteiger partial charge on any atom is 0.261 e. The van der Waals surface area contributed by atoms with E-state index in [1.165, 1.54) is 0 Å². The van der Waals surface area contributed by atoms with Crippen molar-refractivity contribution in [3.63, 3.8) is 0 Å². The zero-order chi connectivity index (χ0) is 17.2. The van der Waals surface area contributed by atoms with E-state index >= 15 is 0 Å². The van der Waals surface area contributed by atoms with Crippen LogP contribution >= 0.6 is 0 Å². The first-order valence-electron chi connectivity index (χ1n) is 7.73. The summed E-state index contributed by atoms with van der Waals surface area (Å²) in [6, 6.07) is 7.30. The number of benzene rings is 1. The highest BCUT2D eigenvalue weighted by Crippen LogP contribution is 2.28. The van der Waals surface area contributed by atoms with Gasteiger partial charge in [-0.05, 0) is 45.0 Å². The van der Waals surface area contributed by atoms with Gasteiger partial charge in [0, 0.05) is 11.1 Å². The fraction of sp³-hybridized carbons (Fsp3) is 0.444. The number of aromatic nitrogens is 1. The molecule has 23 heavy (non-hydrogen) atoms. The first kappa shape index (κ1) is 17.1. The van der Waals surface area contributed by atoms with E-state index < -0.39 is 0 Å². The van der Waals surface area contributed by atoms with Crippen LogP contribution in [0.3, 0.4) is 0 Å². The second-order valence-corrected chi connectivity index (χ2v) is 6.86. The van der Waals surface area contributed by atoms with Crippen molar-refractivity contribution in [3.05, 3.63) is 41.3 Å². The SMILES string of the molecule is Cc1onc(C(C)(C)C)c1C(=O)Nc1ccc(OC(C)C)cc1. The Morgan fingerprint density at radius 3 is 2.35 bits per heavy atom. The third-order valence-electron chi connectivity index (χ3n) is 3.28. The minimum atomic E-state index is -0.264. The number of anilines is 1. The number of amides is 1. The zero-order valence-electron chi connectivity index (χ0n) is 14.6. The van der Waals surface area contributed by atoms with Gasteiger partial charge in [-0.2, -0.15) is 0 Å². The van der Waals surface area contributed by atoms with E-state index in [1.807, 2.05) is 58.9 Å². The molecule has 0 saturated heterocycles. The van der Waals surface area contributed by atoms with Crippen molar-refractivity contribution in [2.75, 3.05) is 5.32 Å². The van der Waals surface area contributed by atoms with Crippen LogP contribution in [0.4, 0.5) is 5.69 Å². The number of hydrogen-bond donors (Lipinski definition) is 1. The lowest BCUT2D eigenvalue weighted by atomic mass is 9.88. The Bertz CT molecular complexity index is 679. The molecule has 0 saturated carbocycles. The molecule has 0 bridgehead atoms. The van der Waals surface area contributed by atoms with Gasteiger partial charge in [0.25, 0.3) is 5.91 Å². The van der Waals surface area contributed by atoms with Crippen LogP contribution in [0.15, 0.2) is 28.8 Å². The average Bonchev–Trinajstić information content (AvgIpc) is 2.82. The summed E-state index contributed by atoms with van der Waals surface area (Å²) in [5.41, 5.74) is 1.60. The van der Waals surface area contributed by atoms with Gasteiger partial charge in [-0.1, -0.05) is 25.9 Å². The second kappa shape index (κ2) is 6.44. The Hall–Kier alpha value is -2.30. The molecule has 0 aliphatic heterocycles. The quantitative estimate of drug-likeness (QED) is 0.912. The Morgan fingerprint density at radius 1 is 1.22 bits per heavy atom. The zero-order valence-corrected chi connectivity index (χ0v) is 14.6. The van der Waals surface area contributed by atoms with Gasteiger partial charge in [0.05, 0.1) is 6.10 Å². The van der Waals surface area contributed by atoms with Gasteiger partial charge in [0.1, 0.15) is 22.8 Å². The van der Waals surface area contributed by atoms with E-state index in [1.54, 1.807) is 6.92 Å². The number of nitrogens with one attached hydrogen (secondary N) is 1. The van der Waals surface area contributed by atoms with Crippen molar-refractivity contribution < 1.29 is 14.1 Å². The van der Waals surface area contributed by atoms with Crippen LogP contribution in [0.2, 0.25) is 0 Å². The second-order valence-electron chi connectivity index (χ2n) is 6.86. The first-order valence-corrected chi connectivity index (χ1v) is 7.73. The molecule has 2 rings (SSSR count). The van der Waals surface area contributed by atoms with Crippen molar-refractivity contribution in [2.24, 2.45) is 0 Å². The number of hydrogen-bond acceptors (Lipinski definition) is 4. The van der Waals surface area contributed by atoms with Gasteiger partial charge in [-0.15, -0.1) is 0 Å². The summed E-state index contributed by atoms with van der Waals surface area (Å²) in [4.78, 5) is 12.6.